The number of nitrogens with zero attached hydrogens (tertiary/aromatic N) is 3. The number of hydrogen-bond donors (Lipinski definition) is 0. The zero-order chi connectivity index (χ0) is 38.6. The van der Waals surface area contributed by atoms with E-state index in [1.165, 1.54) is 38.1 Å². The number of aromatic nitrogens is 2. The Bertz CT molecular complexity index is 3510. The molecule has 2 aromatic heterocycles. The van der Waals surface area contributed by atoms with Crippen LogP contribution in [0.1, 0.15) is 0 Å². The molecule has 0 unspecified atom stereocenters. The average molecular weight is 756 g/mol. The minimum absolute atomic E-state index is 0.754. The molecule has 11 aromatic rings. The highest BCUT2D eigenvalue weighted by atomic mass is 16.5. The van der Waals surface area contributed by atoms with Gasteiger partial charge in [-0.25, -0.2) is 0 Å². The van der Waals surface area contributed by atoms with E-state index >= 15 is 0 Å². The molecule has 2 aliphatic rings. The largest absolute Gasteiger partial charge is 0.453 e. The van der Waals surface area contributed by atoms with Gasteiger partial charge in [-0.05, 0) is 119 Å². The first-order valence-electron chi connectivity index (χ1n) is 20.0. The van der Waals surface area contributed by atoms with Crippen molar-refractivity contribution in [2.45, 2.75) is 0 Å². The zero-order valence-corrected chi connectivity index (χ0v) is 31.7. The number of hydrogen-bond acceptors (Lipinski definition) is 3. The second-order valence-electron chi connectivity index (χ2n) is 15.4. The fraction of sp³-hybridized carbons (Fsp3) is 0. The Morgan fingerprint density at radius 3 is 1.36 bits per heavy atom. The van der Waals surface area contributed by atoms with Gasteiger partial charge in [0.2, 0.25) is 0 Å². The Morgan fingerprint density at radius 1 is 0.288 bits per heavy atom. The summed E-state index contributed by atoms with van der Waals surface area (Å²) in [5.74, 6) is 3.12. The first-order valence-corrected chi connectivity index (χ1v) is 20.0. The van der Waals surface area contributed by atoms with Crippen LogP contribution < -0.4 is 14.4 Å². The third-order valence-electron chi connectivity index (χ3n) is 12.1. The molecular weight excluding hydrogens is 723 g/mol. The van der Waals surface area contributed by atoms with E-state index < -0.39 is 0 Å². The van der Waals surface area contributed by atoms with Gasteiger partial charge in [-0.15, -0.1) is 0 Å². The maximum Gasteiger partial charge on any atom is 0.156 e. The molecule has 0 fully saturated rings. The SMILES string of the molecule is c1ccc(-n2c3ccccc3c3cc(-c4ccc5c(c4)Oc4cc(-c6ccc7c(c6)c6ccccc6n7-c6ccccc6)cc6c4N5c4ccccc4O6)ccc32)cc1. The molecule has 5 nitrogen and oxygen atoms in total. The predicted octanol–water partition coefficient (Wildman–Crippen LogP) is 14.9. The maximum absolute atomic E-state index is 6.97. The lowest BCUT2D eigenvalue weighted by atomic mass is 9.98. The fourth-order valence-electron chi connectivity index (χ4n) is 9.44. The highest BCUT2D eigenvalue weighted by Gasteiger charge is 2.35. The summed E-state index contributed by atoms with van der Waals surface area (Å²) in [6.45, 7) is 0. The van der Waals surface area contributed by atoms with Crippen LogP contribution in [-0.4, -0.2) is 9.13 Å². The van der Waals surface area contributed by atoms with Crippen LogP contribution >= 0.6 is 0 Å². The number of rotatable bonds is 4. The second kappa shape index (κ2) is 12.2. The van der Waals surface area contributed by atoms with Crippen molar-refractivity contribution in [1.29, 1.82) is 0 Å². The molecule has 0 bridgehead atoms. The third kappa shape index (κ3) is 4.73. The highest BCUT2D eigenvalue weighted by molar-refractivity contribution is 6.12. The molecule has 0 saturated carbocycles. The summed E-state index contributed by atoms with van der Waals surface area (Å²) in [5.41, 5.74) is 14.2. The molecule has 2 aliphatic heterocycles. The van der Waals surface area contributed by atoms with Gasteiger partial charge in [0.15, 0.2) is 23.0 Å². The van der Waals surface area contributed by atoms with Crippen LogP contribution in [0.4, 0.5) is 17.1 Å². The second-order valence-corrected chi connectivity index (χ2v) is 15.4. The Kier molecular flexibility index (Phi) is 6.66. The molecule has 276 valence electrons. The monoisotopic (exact) mass is 755 g/mol. The molecule has 9 aromatic carbocycles. The Hall–Kier alpha value is -8.02. The van der Waals surface area contributed by atoms with E-state index in [2.05, 4.69) is 202 Å². The molecule has 0 N–H and O–H groups in total. The molecule has 0 saturated heterocycles. The van der Waals surface area contributed by atoms with Gasteiger partial charge in [0.25, 0.3) is 0 Å². The topological polar surface area (TPSA) is 31.6 Å². The van der Waals surface area contributed by atoms with E-state index in [0.29, 0.717) is 0 Å². The van der Waals surface area contributed by atoms with Crippen molar-refractivity contribution in [3.05, 3.63) is 200 Å². The zero-order valence-electron chi connectivity index (χ0n) is 31.7. The molecule has 13 rings (SSSR count). The molecule has 0 radical (unpaired) electrons. The maximum atomic E-state index is 6.97. The first kappa shape index (κ1) is 32.1. The van der Waals surface area contributed by atoms with E-state index in [9.17, 15) is 0 Å². The van der Waals surface area contributed by atoms with Crippen molar-refractivity contribution in [2.75, 3.05) is 4.90 Å². The van der Waals surface area contributed by atoms with E-state index in [4.69, 9.17) is 9.47 Å². The van der Waals surface area contributed by atoms with Crippen LogP contribution in [-0.2, 0) is 0 Å². The van der Waals surface area contributed by atoms with Crippen LogP contribution in [0.3, 0.4) is 0 Å². The molecule has 0 atom stereocenters. The Labute approximate surface area is 339 Å². The van der Waals surface area contributed by atoms with Crippen LogP contribution in [0, 0.1) is 0 Å². The fourth-order valence-corrected chi connectivity index (χ4v) is 9.44. The third-order valence-corrected chi connectivity index (χ3v) is 12.1. The molecule has 5 heteroatoms. The number of anilines is 3. The summed E-state index contributed by atoms with van der Waals surface area (Å²) < 4.78 is 18.4. The van der Waals surface area contributed by atoms with E-state index in [0.717, 1.165) is 79.2 Å². The van der Waals surface area contributed by atoms with Gasteiger partial charge in [-0.1, -0.05) is 103 Å². The summed E-state index contributed by atoms with van der Waals surface area (Å²) in [4.78, 5) is 2.29. The number of ether oxygens (including phenoxy) is 2. The summed E-state index contributed by atoms with van der Waals surface area (Å²) in [6.07, 6.45) is 0. The quantitative estimate of drug-likeness (QED) is 0.179. The standard InChI is InChI=1S/C54H33N3O2/c1-3-13-38(14-4-1)55-44-19-9-7-17-40(44)42-29-34(23-26-46(42)55)36-25-28-49-51(31-36)59-53-33-37(32-52-54(53)57(49)48-21-11-12-22-50(48)58-52)35-24-27-47-43(30-35)41-18-8-10-20-45(41)56(47)39-15-5-2-6-16-39/h1-33H. The van der Waals surface area contributed by atoms with Crippen molar-refractivity contribution in [3.63, 3.8) is 0 Å². The lowest BCUT2D eigenvalue weighted by Gasteiger charge is -2.38. The van der Waals surface area contributed by atoms with Crippen LogP contribution in [0.15, 0.2) is 200 Å². The summed E-state index contributed by atoms with van der Waals surface area (Å²) >= 11 is 0. The lowest BCUT2D eigenvalue weighted by Crippen LogP contribution is -2.20. The summed E-state index contributed by atoms with van der Waals surface area (Å²) in [6, 6.07) is 71.2. The van der Waals surface area contributed by atoms with Gasteiger partial charge in [0.05, 0.1) is 33.4 Å². The summed E-state index contributed by atoms with van der Waals surface area (Å²) in [7, 11) is 0. The van der Waals surface area contributed by atoms with Gasteiger partial charge in [-0.3, -0.25) is 4.90 Å². The minimum atomic E-state index is 0.754. The Morgan fingerprint density at radius 2 is 0.729 bits per heavy atom. The van der Waals surface area contributed by atoms with Gasteiger partial charge in [-0.2, -0.15) is 0 Å². The highest BCUT2D eigenvalue weighted by Crippen LogP contribution is 2.61. The molecule has 4 heterocycles. The lowest BCUT2D eigenvalue weighted by molar-refractivity contribution is 0.446. The number of benzene rings is 9. The number of fused-ring (bicyclic) bond motifs is 10. The van der Waals surface area contributed by atoms with Crippen molar-refractivity contribution in [2.24, 2.45) is 0 Å². The van der Waals surface area contributed by atoms with Gasteiger partial charge in [0, 0.05) is 32.9 Å². The van der Waals surface area contributed by atoms with Crippen LogP contribution in [0.5, 0.6) is 23.0 Å². The Balaban J connectivity index is 0.955. The van der Waals surface area contributed by atoms with Crippen molar-refractivity contribution >= 4 is 60.7 Å². The smallest absolute Gasteiger partial charge is 0.156 e. The van der Waals surface area contributed by atoms with Crippen molar-refractivity contribution < 1.29 is 9.47 Å². The molecule has 0 aliphatic carbocycles. The first-order chi connectivity index (χ1) is 29.2. The van der Waals surface area contributed by atoms with Crippen LogP contribution in [0.2, 0.25) is 0 Å². The van der Waals surface area contributed by atoms with Gasteiger partial charge in [0.1, 0.15) is 5.69 Å². The predicted molar refractivity (Wildman–Crippen MR) is 241 cm³/mol. The normalized spacial score (nSPS) is 12.6. The van der Waals surface area contributed by atoms with Crippen LogP contribution in [0.25, 0.3) is 77.2 Å². The van der Waals surface area contributed by atoms with E-state index in [1.54, 1.807) is 0 Å². The molecule has 0 spiro atoms. The van der Waals surface area contributed by atoms with Crippen molar-refractivity contribution in [1.82, 2.24) is 9.13 Å². The van der Waals surface area contributed by atoms with Gasteiger partial charge >= 0.3 is 0 Å². The van der Waals surface area contributed by atoms with E-state index in [-0.39, 0.29) is 0 Å². The molecule has 0 amide bonds. The van der Waals surface area contributed by atoms with E-state index in [1.807, 2.05) is 12.1 Å². The molecule has 59 heavy (non-hydrogen) atoms. The number of para-hydroxylation sites is 6. The van der Waals surface area contributed by atoms with Crippen molar-refractivity contribution in [3.8, 4) is 56.6 Å². The minimum Gasteiger partial charge on any atom is -0.453 e. The summed E-state index contributed by atoms with van der Waals surface area (Å²) in [5, 5.41) is 4.85. The van der Waals surface area contributed by atoms with Gasteiger partial charge < -0.3 is 18.6 Å². The average Bonchev–Trinajstić information content (AvgIpc) is 3.81. The molecular formula is C54H33N3O2.